The Kier molecular flexibility index (Phi) is 3.38. The maximum atomic E-state index is 9.12. The molecule has 0 saturated carbocycles. The van der Waals surface area contributed by atoms with E-state index in [9.17, 15) is 0 Å². The number of hydrogen-bond acceptors (Lipinski definition) is 6. The van der Waals surface area contributed by atoms with E-state index in [1.54, 1.807) is 13.2 Å². The fourth-order valence-corrected chi connectivity index (χ4v) is 2.67. The third-order valence-corrected chi connectivity index (χ3v) is 3.76. The number of fused-ring (bicyclic) bond motifs is 1. The first-order valence-corrected chi connectivity index (χ1v) is 6.88. The maximum absolute atomic E-state index is 9.12. The van der Waals surface area contributed by atoms with Crippen molar-refractivity contribution in [2.24, 2.45) is 0 Å². The molecule has 3 N–H and O–H groups in total. The molecule has 3 rings (SSSR count). The third kappa shape index (κ3) is 2.61. The molecule has 3 aromatic rings. The summed E-state index contributed by atoms with van der Waals surface area (Å²) in [5.41, 5.74) is 8.21. The van der Waals surface area contributed by atoms with Gasteiger partial charge >= 0.3 is 0 Å². The standard InChI is InChI=1S/C14H11N5OS/c1-20-10-2-3-11-12(5-10)19-14(18-11)21-13-8(6-15)4-9(16)7-17-13/h2-5,7H,16H2,1H3,(H,18,19). The normalized spacial score (nSPS) is 10.5. The van der Waals surface area contributed by atoms with E-state index in [2.05, 4.69) is 21.0 Å². The van der Waals surface area contributed by atoms with Crippen LogP contribution < -0.4 is 10.5 Å². The Morgan fingerprint density at radius 3 is 3.00 bits per heavy atom. The Bertz CT molecular complexity index is 852. The Morgan fingerprint density at radius 2 is 2.24 bits per heavy atom. The fourth-order valence-electron chi connectivity index (χ4n) is 1.86. The van der Waals surface area contributed by atoms with Gasteiger partial charge in [-0.15, -0.1) is 0 Å². The summed E-state index contributed by atoms with van der Waals surface area (Å²) in [5.74, 6) is 0.756. The molecule has 104 valence electrons. The summed E-state index contributed by atoms with van der Waals surface area (Å²) in [6, 6.07) is 9.27. The molecule has 0 aliphatic heterocycles. The SMILES string of the molecule is COc1ccc2nc(Sc3ncc(N)cc3C#N)[nH]c2c1. The highest BCUT2D eigenvalue weighted by Crippen LogP contribution is 2.29. The molecular weight excluding hydrogens is 286 g/mol. The average Bonchev–Trinajstić information content (AvgIpc) is 2.90. The van der Waals surface area contributed by atoms with Crippen molar-refractivity contribution in [1.29, 1.82) is 5.26 Å². The Labute approximate surface area is 125 Å². The number of rotatable bonds is 3. The maximum Gasteiger partial charge on any atom is 0.172 e. The number of nitrogen functional groups attached to an aromatic ring is 1. The molecular formula is C14H11N5OS. The molecule has 0 bridgehead atoms. The van der Waals surface area contributed by atoms with Crippen LogP contribution in [0.2, 0.25) is 0 Å². The Balaban J connectivity index is 1.97. The average molecular weight is 297 g/mol. The first-order valence-electron chi connectivity index (χ1n) is 6.07. The predicted molar refractivity (Wildman–Crippen MR) is 80.1 cm³/mol. The van der Waals surface area contributed by atoms with E-state index in [0.717, 1.165) is 16.8 Å². The summed E-state index contributed by atoms with van der Waals surface area (Å²) in [6.45, 7) is 0. The molecule has 0 saturated heterocycles. The number of benzene rings is 1. The van der Waals surface area contributed by atoms with Crippen LogP contribution in [0.5, 0.6) is 5.75 Å². The van der Waals surface area contributed by atoms with E-state index in [4.69, 9.17) is 15.7 Å². The number of aromatic nitrogens is 3. The molecule has 0 aliphatic carbocycles. The van der Waals surface area contributed by atoms with E-state index >= 15 is 0 Å². The molecule has 0 unspecified atom stereocenters. The largest absolute Gasteiger partial charge is 0.497 e. The number of methoxy groups -OCH3 is 1. The quantitative estimate of drug-likeness (QED) is 0.770. The molecule has 6 nitrogen and oxygen atoms in total. The number of hydrogen-bond donors (Lipinski definition) is 2. The van der Waals surface area contributed by atoms with Crippen LogP contribution in [0.3, 0.4) is 0 Å². The van der Waals surface area contributed by atoms with Crippen LogP contribution in [0.4, 0.5) is 5.69 Å². The van der Waals surface area contributed by atoms with Crippen molar-refractivity contribution in [2.45, 2.75) is 10.2 Å². The van der Waals surface area contributed by atoms with Crippen LogP contribution >= 0.6 is 11.8 Å². The van der Waals surface area contributed by atoms with Crippen molar-refractivity contribution in [3.05, 3.63) is 36.0 Å². The highest BCUT2D eigenvalue weighted by atomic mass is 32.2. The van der Waals surface area contributed by atoms with Gasteiger partial charge in [0.1, 0.15) is 16.8 Å². The van der Waals surface area contributed by atoms with Gasteiger partial charge in [-0.3, -0.25) is 0 Å². The van der Waals surface area contributed by atoms with Gasteiger partial charge in [-0.25, -0.2) is 9.97 Å². The van der Waals surface area contributed by atoms with Gasteiger partial charge in [0.2, 0.25) is 0 Å². The zero-order chi connectivity index (χ0) is 14.8. The Hall–Kier alpha value is -2.72. The second-order valence-corrected chi connectivity index (χ2v) is 5.24. The minimum absolute atomic E-state index is 0.429. The number of pyridine rings is 1. The fraction of sp³-hybridized carbons (Fsp3) is 0.0714. The molecule has 0 spiro atoms. The molecule has 0 atom stereocenters. The van der Waals surface area contributed by atoms with Crippen molar-refractivity contribution >= 4 is 28.5 Å². The minimum Gasteiger partial charge on any atom is -0.497 e. The van der Waals surface area contributed by atoms with Gasteiger partial charge in [-0.1, -0.05) is 0 Å². The van der Waals surface area contributed by atoms with E-state index in [-0.39, 0.29) is 0 Å². The third-order valence-electron chi connectivity index (χ3n) is 2.85. The summed E-state index contributed by atoms with van der Waals surface area (Å²) in [5, 5.41) is 10.3. The summed E-state index contributed by atoms with van der Waals surface area (Å²) in [6.07, 6.45) is 1.52. The van der Waals surface area contributed by atoms with Crippen molar-refractivity contribution in [1.82, 2.24) is 15.0 Å². The molecule has 1 aromatic carbocycles. The number of imidazole rings is 1. The second-order valence-electron chi connectivity index (χ2n) is 4.26. The van der Waals surface area contributed by atoms with Crippen LogP contribution in [0, 0.1) is 11.3 Å². The summed E-state index contributed by atoms with van der Waals surface area (Å²) < 4.78 is 5.18. The highest BCUT2D eigenvalue weighted by Gasteiger charge is 2.10. The molecule has 0 amide bonds. The lowest BCUT2D eigenvalue weighted by molar-refractivity contribution is 0.415. The van der Waals surface area contributed by atoms with Gasteiger partial charge in [0.15, 0.2) is 5.16 Å². The lowest BCUT2D eigenvalue weighted by Crippen LogP contribution is -1.92. The molecule has 2 heterocycles. The zero-order valence-electron chi connectivity index (χ0n) is 11.1. The van der Waals surface area contributed by atoms with Gasteiger partial charge in [-0.05, 0) is 30.0 Å². The number of nitrogens with zero attached hydrogens (tertiary/aromatic N) is 3. The van der Waals surface area contributed by atoms with Crippen LogP contribution in [-0.2, 0) is 0 Å². The molecule has 7 heteroatoms. The van der Waals surface area contributed by atoms with Crippen molar-refractivity contribution < 1.29 is 4.74 Å². The predicted octanol–water partition coefficient (Wildman–Crippen LogP) is 2.57. The zero-order valence-corrected chi connectivity index (χ0v) is 11.9. The van der Waals surface area contributed by atoms with E-state index < -0.39 is 0 Å². The van der Waals surface area contributed by atoms with Crippen molar-refractivity contribution in [3.63, 3.8) is 0 Å². The molecule has 2 aromatic heterocycles. The lowest BCUT2D eigenvalue weighted by Gasteiger charge is -2.00. The van der Waals surface area contributed by atoms with Crippen molar-refractivity contribution in [3.8, 4) is 11.8 Å². The van der Waals surface area contributed by atoms with Gasteiger partial charge < -0.3 is 15.5 Å². The summed E-state index contributed by atoms with van der Waals surface area (Å²) >= 11 is 1.29. The van der Waals surface area contributed by atoms with E-state index in [1.807, 2.05) is 18.2 Å². The van der Waals surface area contributed by atoms with Gasteiger partial charge in [0, 0.05) is 6.07 Å². The number of H-pyrrole nitrogens is 1. The highest BCUT2D eigenvalue weighted by molar-refractivity contribution is 7.99. The molecule has 0 fully saturated rings. The van der Waals surface area contributed by atoms with Crippen molar-refractivity contribution in [2.75, 3.05) is 12.8 Å². The number of nitrogens with two attached hydrogens (primary N) is 1. The van der Waals surface area contributed by atoms with E-state index in [1.165, 1.54) is 18.0 Å². The lowest BCUT2D eigenvalue weighted by atomic mass is 10.3. The topological polar surface area (TPSA) is 101 Å². The number of nitrogens with one attached hydrogen (secondary N) is 1. The first-order chi connectivity index (χ1) is 10.2. The summed E-state index contributed by atoms with van der Waals surface area (Å²) in [7, 11) is 1.62. The van der Waals surface area contributed by atoms with Gasteiger partial charge in [0.05, 0.1) is 35.6 Å². The van der Waals surface area contributed by atoms with Crippen LogP contribution in [0.15, 0.2) is 40.6 Å². The second kappa shape index (κ2) is 5.34. The smallest absolute Gasteiger partial charge is 0.172 e. The van der Waals surface area contributed by atoms with Crippen LogP contribution in [0.1, 0.15) is 5.56 Å². The van der Waals surface area contributed by atoms with Crippen LogP contribution in [-0.4, -0.2) is 22.1 Å². The number of ether oxygens (including phenoxy) is 1. The molecule has 21 heavy (non-hydrogen) atoms. The number of nitriles is 1. The minimum atomic E-state index is 0.429. The molecule has 0 aliphatic rings. The molecule has 0 radical (unpaired) electrons. The van der Waals surface area contributed by atoms with E-state index in [0.29, 0.717) is 21.4 Å². The number of anilines is 1. The summed E-state index contributed by atoms with van der Waals surface area (Å²) in [4.78, 5) is 11.8. The Morgan fingerprint density at radius 1 is 1.38 bits per heavy atom. The number of aromatic amines is 1. The first kappa shape index (κ1) is 13.3. The van der Waals surface area contributed by atoms with Crippen LogP contribution in [0.25, 0.3) is 11.0 Å². The van der Waals surface area contributed by atoms with Gasteiger partial charge in [0.25, 0.3) is 0 Å². The monoisotopic (exact) mass is 297 g/mol. The van der Waals surface area contributed by atoms with Gasteiger partial charge in [-0.2, -0.15) is 5.26 Å².